The van der Waals surface area contributed by atoms with Crippen LogP contribution in [0.5, 0.6) is 0 Å². The Morgan fingerprint density at radius 2 is 1.91 bits per heavy atom. The molecule has 0 unspecified atom stereocenters. The van der Waals surface area contributed by atoms with Crippen molar-refractivity contribution in [2.45, 2.75) is 32.5 Å². The van der Waals surface area contributed by atoms with Crippen LogP contribution < -0.4 is 4.90 Å². The summed E-state index contributed by atoms with van der Waals surface area (Å²) in [5, 5.41) is 8.35. The van der Waals surface area contributed by atoms with E-state index < -0.39 is 0 Å². The van der Waals surface area contributed by atoms with Crippen molar-refractivity contribution in [1.82, 2.24) is 30.0 Å². The van der Waals surface area contributed by atoms with E-state index in [0.717, 1.165) is 79.6 Å². The zero-order valence-corrected chi connectivity index (χ0v) is 20.8. The molecule has 1 aromatic carbocycles. The molecule has 2 aliphatic rings. The number of aromatic amines is 1. The van der Waals surface area contributed by atoms with Crippen molar-refractivity contribution in [2.24, 2.45) is 0 Å². The number of ether oxygens (including phenoxy) is 1. The summed E-state index contributed by atoms with van der Waals surface area (Å²) in [6, 6.07) is 9.49. The zero-order valence-electron chi connectivity index (χ0n) is 20.0. The topological polar surface area (TPSA) is 73.4 Å². The standard InChI is InChI=1S/C25H31N7OS/c1-16-13-30(3)14-17(2)32(16)15-18-11-22-23(34-18)25(31-7-9-33-10-8-31)28-24(27-22)19-5-4-6-21-20(19)12-26-29-21/h4-6,11-12,16-17H,7-10,13-15H2,1-3H3,(H,26,29)/t16-,17+. The second-order valence-electron chi connectivity index (χ2n) is 9.63. The molecular formula is C25H31N7OS. The summed E-state index contributed by atoms with van der Waals surface area (Å²) >= 11 is 1.84. The number of thiophene rings is 1. The third-order valence-electron chi connectivity index (χ3n) is 7.06. The molecule has 34 heavy (non-hydrogen) atoms. The average molecular weight is 478 g/mol. The number of nitrogens with one attached hydrogen (secondary N) is 1. The fraction of sp³-hybridized carbons (Fsp3) is 0.480. The van der Waals surface area contributed by atoms with Crippen molar-refractivity contribution in [1.29, 1.82) is 0 Å². The quantitative estimate of drug-likeness (QED) is 0.481. The molecule has 0 saturated carbocycles. The van der Waals surface area contributed by atoms with Gasteiger partial charge in [-0.05, 0) is 33.0 Å². The van der Waals surface area contributed by atoms with Crippen LogP contribution in [-0.4, -0.2) is 88.5 Å². The maximum atomic E-state index is 5.63. The lowest BCUT2D eigenvalue weighted by Gasteiger charge is -2.43. The van der Waals surface area contributed by atoms with Crippen molar-refractivity contribution in [3.63, 3.8) is 0 Å². The predicted octanol–water partition coefficient (Wildman–Crippen LogP) is 3.60. The minimum Gasteiger partial charge on any atom is -0.378 e. The molecule has 2 fully saturated rings. The minimum atomic E-state index is 0.526. The Morgan fingerprint density at radius 3 is 2.71 bits per heavy atom. The first-order chi connectivity index (χ1) is 16.6. The third-order valence-corrected chi connectivity index (χ3v) is 8.17. The molecule has 4 aromatic rings. The van der Waals surface area contributed by atoms with Gasteiger partial charge in [0.15, 0.2) is 11.6 Å². The van der Waals surface area contributed by atoms with Gasteiger partial charge in [0.05, 0.1) is 35.1 Å². The van der Waals surface area contributed by atoms with E-state index in [9.17, 15) is 0 Å². The van der Waals surface area contributed by atoms with Crippen LogP contribution in [0, 0.1) is 0 Å². The number of benzene rings is 1. The molecule has 2 saturated heterocycles. The van der Waals surface area contributed by atoms with E-state index in [1.807, 2.05) is 29.7 Å². The molecule has 2 atom stereocenters. The smallest absolute Gasteiger partial charge is 0.162 e. The molecule has 1 N–H and O–H groups in total. The van der Waals surface area contributed by atoms with Crippen LogP contribution in [0.4, 0.5) is 5.82 Å². The highest BCUT2D eigenvalue weighted by Crippen LogP contribution is 2.36. The highest BCUT2D eigenvalue weighted by Gasteiger charge is 2.28. The van der Waals surface area contributed by atoms with Crippen molar-refractivity contribution >= 4 is 38.3 Å². The van der Waals surface area contributed by atoms with E-state index in [4.69, 9.17) is 14.7 Å². The molecule has 9 heteroatoms. The Morgan fingerprint density at radius 1 is 1.12 bits per heavy atom. The van der Waals surface area contributed by atoms with Gasteiger partial charge in [-0.3, -0.25) is 10.00 Å². The van der Waals surface area contributed by atoms with Crippen molar-refractivity contribution in [3.8, 4) is 11.4 Å². The van der Waals surface area contributed by atoms with Gasteiger partial charge < -0.3 is 14.5 Å². The summed E-state index contributed by atoms with van der Waals surface area (Å²) in [6.45, 7) is 11.0. The summed E-state index contributed by atoms with van der Waals surface area (Å²) < 4.78 is 6.80. The summed E-state index contributed by atoms with van der Waals surface area (Å²) in [7, 11) is 2.22. The molecule has 5 heterocycles. The molecule has 0 aliphatic carbocycles. The normalized spacial score (nSPS) is 22.7. The zero-order chi connectivity index (χ0) is 23.2. The summed E-state index contributed by atoms with van der Waals surface area (Å²) in [6.07, 6.45) is 1.86. The number of fused-ring (bicyclic) bond motifs is 2. The number of H-pyrrole nitrogens is 1. The first kappa shape index (κ1) is 21.9. The van der Waals surface area contributed by atoms with Gasteiger partial charge in [0, 0.05) is 60.6 Å². The molecule has 0 radical (unpaired) electrons. The number of hydrogen-bond acceptors (Lipinski definition) is 8. The Hall–Kier alpha value is -2.59. The Bertz CT molecular complexity index is 1300. The molecule has 0 amide bonds. The van der Waals surface area contributed by atoms with Gasteiger partial charge in [-0.2, -0.15) is 5.10 Å². The van der Waals surface area contributed by atoms with E-state index in [-0.39, 0.29) is 0 Å². The van der Waals surface area contributed by atoms with Gasteiger partial charge in [0.2, 0.25) is 0 Å². The van der Waals surface area contributed by atoms with E-state index >= 15 is 0 Å². The summed E-state index contributed by atoms with van der Waals surface area (Å²) in [5.74, 6) is 1.78. The van der Waals surface area contributed by atoms with Crippen molar-refractivity contribution in [2.75, 3.05) is 51.3 Å². The van der Waals surface area contributed by atoms with Crippen LogP contribution in [0.3, 0.4) is 0 Å². The minimum absolute atomic E-state index is 0.526. The lowest BCUT2D eigenvalue weighted by Crippen LogP contribution is -2.54. The summed E-state index contributed by atoms with van der Waals surface area (Å²) in [4.78, 5) is 19.0. The molecule has 2 aliphatic heterocycles. The van der Waals surface area contributed by atoms with Gasteiger partial charge >= 0.3 is 0 Å². The predicted molar refractivity (Wildman–Crippen MR) is 137 cm³/mol. The van der Waals surface area contributed by atoms with Crippen LogP contribution in [0.15, 0.2) is 30.5 Å². The Labute approximate surface area is 203 Å². The second-order valence-corrected chi connectivity index (χ2v) is 10.8. The fourth-order valence-corrected chi connectivity index (χ4v) is 6.55. The molecule has 178 valence electrons. The number of likely N-dealkylation sites (N-methyl/N-ethyl adjacent to an activating group) is 1. The highest BCUT2D eigenvalue weighted by atomic mass is 32.1. The molecule has 0 spiro atoms. The first-order valence-electron chi connectivity index (χ1n) is 12.1. The SMILES string of the molecule is C[C@@H]1CN(C)C[C@H](C)N1Cc1cc2nc(-c3cccc4[nH]ncc34)nc(N3CCOCC3)c2s1. The first-order valence-corrected chi connectivity index (χ1v) is 12.9. The number of aromatic nitrogens is 4. The van der Waals surface area contributed by atoms with Crippen LogP contribution >= 0.6 is 11.3 Å². The highest BCUT2D eigenvalue weighted by molar-refractivity contribution is 7.19. The fourth-order valence-electron chi connectivity index (χ4n) is 5.43. The molecule has 6 rings (SSSR count). The van der Waals surface area contributed by atoms with E-state index in [0.29, 0.717) is 12.1 Å². The number of morpholine rings is 1. The van der Waals surface area contributed by atoms with Gasteiger partial charge in [0.25, 0.3) is 0 Å². The van der Waals surface area contributed by atoms with Crippen LogP contribution in [0.25, 0.3) is 32.5 Å². The van der Waals surface area contributed by atoms with Crippen LogP contribution in [0.2, 0.25) is 0 Å². The number of nitrogens with zero attached hydrogens (tertiary/aromatic N) is 6. The van der Waals surface area contributed by atoms with E-state index in [1.165, 1.54) is 9.58 Å². The van der Waals surface area contributed by atoms with Gasteiger partial charge in [0.1, 0.15) is 0 Å². The number of piperazine rings is 1. The molecule has 0 bridgehead atoms. The van der Waals surface area contributed by atoms with Gasteiger partial charge in [-0.15, -0.1) is 11.3 Å². The van der Waals surface area contributed by atoms with E-state index in [2.05, 4.69) is 57.9 Å². The monoisotopic (exact) mass is 477 g/mol. The maximum absolute atomic E-state index is 5.63. The van der Waals surface area contributed by atoms with Crippen molar-refractivity contribution in [3.05, 3.63) is 35.3 Å². The van der Waals surface area contributed by atoms with Crippen molar-refractivity contribution < 1.29 is 4.74 Å². The third kappa shape index (κ3) is 3.96. The number of rotatable bonds is 4. The Balaban J connectivity index is 1.43. The van der Waals surface area contributed by atoms with Gasteiger partial charge in [-0.1, -0.05) is 12.1 Å². The lowest BCUT2D eigenvalue weighted by atomic mass is 10.1. The lowest BCUT2D eigenvalue weighted by molar-refractivity contribution is 0.0467. The number of hydrogen-bond donors (Lipinski definition) is 1. The maximum Gasteiger partial charge on any atom is 0.162 e. The second kappa shape index (κ2) is 8.88. The number of anilines is 1. The average Bonchev–Trinajstić information content (AvgIpc) is 3.47. The van der Waals surface area contributed by atoms with Crippen LogP contribution in [0.1, 0.15) is 18.7 Å². The molecule has 8 nitrogen and oxygen atoms in total. The largest absolute Gasteiger partial charge is 0.378 e. The van der Waals surface area contributed by atoms with Gasteiger partial charge in [-0.25, -0.2) is 9.97 Å². The van der Waals surface area contributed by atoms with E-state index in [1.54, 1.807) is 0 Å². The molecule has 3 aromatic heterocycles. The van der Waals surface area contributed by atoms with Crippen LogP contribution in [-0.2, 0) is 11.3 Å². The molecular weight excluding hydrogens is 446 g/mol. The Kier molecular flexibility index (Phi) is 5.73. The summed E-state index contributed by atoms with van der Waals surface area (Å²) in [5.41, 5.74) is 3.04.